The molecule has 1 heterocycles. The summed E-state index contributed by atoms with van der Waals surface area (Å²) in [5.74, 6) is 0.410. The summed E-state index contributed by atoms with van der Waals surface area (Å²) in [6.45, 7) is 0. The van der Waals surface area contributed by atoms with E-state index in [4.69, 9.17) is 9.15 Å². The lowest BCUT2D eigenvalue weighted by molar-refractivity contribution is 0.0730. The SMILES string of the molecule is COc1ccccc1C(C#N)N(C)C(=O)c1ccco1. The molecule has 5 heteroatoms. The van der Waals surface area contributed by atoms with Crippen LogP contribution in [0.25, 0.3) is 0 Å². The molecule has 0 N–H and O–H groups in total. The number of ether oxygens (including phenoxy) is 1. The van der Waals surface area contributed by atoms with E-state index in [2.05, 4.69) is 6.07 Å². The number of nitrogens with zero attached hydrogens (tertiary/aromatic N) is 2. The van der Waals surface area contributed by atoms with Crippen molar-refractivity contribution in [3.05, 3.63) is 54.0 Å². The second kappa shape index (κ2) is 5.93. The first kappa shape index (κ1) is 13.7. The average molecular weight is 270 g/mol. The van der Waals surface area contributed by atoms with Crippen LogP contribution in [0.5, 0.6) is 5.75 Å². The molecule has 5 nitrogen and oxygen atoms in total. The predicted octanol–water partition coefficient (Wildman–Crippen LogP) is 2.63. The second-order valence-electron chi connectivity index (χ2n) is 4.17. The molecule has 1 unspecified atom stereocenters. The number of hydrogen-bond acceptors (Lipinski definition) is 4. The summed E-state index contributed by atoms with van der Waals surface area (Å²) in [5, 5.41) is 9.39. The molecule has 0 fully saturated rings. The first-order valence-electron chi connectivity index (χ1n) is 6.02. The minimum atomic E-state index is -0.747. The smallest absolute Gasteiger partial charge is 0.290 e. The molecule has 1 aromatic carbocycles. The maximum Gasteiger partial charge on any atom is 0.290 e. The minimum Gasteiger partial charge on any atom is -0.496 e. The number of hydrogen-bond donors (Lipinski definition) is 0. The van der Waals surface area contributed by atoms with Gasteiger partial charge in [-0.2, -0.15) is 5.26 Å². The van der Waals surface area contributed by atoms with Gasteiger partial charge in [0.25, 0.3) is 5.91 Å². The number of nitriles is 1. The van der Waals surface area contributed by atoms with Gasteiger partial charge in [0.1, 0.15) is 11.8 Å². The lowest BCUT2D eigenvalue weighted by Gasteiger charge is -2.23. The van der Waals surface area contributed by atoms with Gasteiger partial charge < -0.3 is 14.1 Å². The van der Waals surface area contributed by atoms with E-state index in [-0.39, 0.29) is 11.7 Å². The van der Waals surface area contributed by atoms with Crippen LogP contribution in [0.15, 0.2) is 47.1 Å². The van der Waals surface area contributed by atoms with E-state index in [1.807, 2.05) is 6.07 Å². The fourth-order valence-corrected chi connectivity index (χ4v) is 1.95. The van der Waals surface area contributed by atoms with Crippen LogP contribution in [0.3, 0.4) is 0 Å². The van der Waals surface area contributed by atoms with E-state index in [9.17, 15) is 10.1 Å². The molecular formula is C15H14N2O3. The van der Waals surface area contributed by atoms with Gasteiger partial charge in [0, 0.05) is 12.6 Å². The molecule has 2 rings (SSSR count). The quantitative estimate of drug-likeness (QED) is 0.856. The van der Waals surface area contributed by atoms with Crippen molar-refractivity contribution in [2.24, 2.45) is 0 Å². The first-order chi connectivity index (χ1) is 9.69. The van der Waals surface area contributed by atoms with E-state index in [1.165, 1.54) is 18.3 Å². The van der Waals surface area contributed by atoms with Crippen molar-refractivity contribution in [1.82, 2.24) is 4.90 Å². The lowest BCUT2D eigenvalue weighted by atomic mass is 10.1. The number of para-hydroxylation sites is 1. The highest BCUT2D eigenvalue weighted by Gasteiger charge is 2.26. The Kier molecular flexibility index (Phi) is 4.06. The molecule has 102 valence electrons. The number of carbonyl (C=O) groups excluding carboxylic acids is 1. The summed E-state index contributed by atoms with van der Waals surface area (Å²) < 4.78 is 10.3. The van der Waals surface area contributed by atoms with Gasteiger partial charge in [-0.25, -0.2) is 0 Å². The zero-order valence-corrected chi connectivity index (χ0v) is 11.2. The molecule has 0 aliphatic carbocycles. The molecule has 1 aromatic heterocycles. The third-order valence-electron chi connectivity index (χ3n) is 3.00. The predicted molar refractivity (Wildman–Crippen MR) is 72.1 cm³/mol. The summed E-state index contributed by atoms with van der Waals surface area (Å²) in [6.07, 6.45) is 1.42. The van der Waals surface area contributed by atoms with Crippen molar-refractivity contribution in [2.75, 3.05) is 14.2 Å². The van der Waals surface area contributed by atoms with E-state index < -0.39 is 6.04 Å². The molecule has 0 saturated carbocycles. The van der Waals surface area contributed by atoms with Crippen LogP contribution in [0, 0.1) is 11.3 Å². The van der Waals surface area contributed by atoms with Gasteiger partial charge >= 0.3 is 0 Å². The van der Waals surface area contributed by atoms with Crippen molar-refractivity contribution in [2.45, 2.75) is 6.04 Å². The number of furan rings is 1. The Hall–Kier alpha value is -2.74. The van der Waals surface area contributed by atoms with Crippen LogP contribution in [0.4, 0.5) is 0 Å². The zero-order valence-electron chi connectivity index (χ0n) is 11.2. The number of amides is 1. The maximum atomic E-state index is 12.2. The highest BCUT2D eigenvalue weighted by atomic mass is 16.5. The normalized spacial score (nSPS) is 11.4. The van der Waals surface area contributed by atoms with E-state index in [1.54, 1.807) is 37.4 Å². The van der Waals surface area contributed by atoms with Crippen LogP contribution in [-0.2, 0) is 0 Å². The number of benzene rings is 1. The van der Waals surface area contributed by atoms with Gasteiger partial charge in [-0.15, -0.1) is 0 Å². The summed E-state index contributed by atoms with van der Waals surface area (Å²) in [7, 11) is 3.09. The Bertz CT molecular complexity index is 629. The first-order valence-corrected chi connectivity index (χ1v) is 6.02. The number of methoxy groups -OCH3 is 1. The number of carbonyl (C=O) groups is 1. The van der Waals surface area contributed by atoms with Gasteiger partial charge in [0.05, 0.1) is 19.4 Å². The fraction of sp³-hybridized carbons (Fsp3) is 0.200. The Morgan fingerprint density at radius 3 is 2.70 bits per heavy atom. The fourth-order valence-electron chi connectivity index (χ4n) is 1.95. The van der Waals surface area contributed by atoms with Gasteiger partial charge in [0.15, 0.2) is 5.76 Å². The Morgan fingerprint density at radius 1 is 1.35 bits per heavy atom. The van der Waals surface area contributed by atoms with E-state index in [0.717, 1.165) is 0 Å². The van der Waals surface area contributed by atoms with Crippen LogP contribution in [-0.4, -0.2) is 25.0 Å². The molecule has 20 heavy (non-hydrogen) atoms. The largest absolute Gasteiger partial charge is 0.496 e. The van der Waals surface area contributed by atoms with Crippen molar-refractivity contribution < 1.29 is 13.9 Å². The molecule has 1 atom stereocenters. The van der Waals surface area contributed by atoms with Gasteiger partial charge in [-0.05, 0) is 18.2 Å². The summed E-state index contributed by atoms with van der Waals surface area (Å²) in [5.41, 5.74) is 0.639. The summed E-state index contributed by atoms with van der Waals surface area (Å²) in [4.78, 5) is 13.5. The molecule has 0 bridgehead atoms. The van der Waals surface area contributed by atoms with Crippen molar-refractivity contribution in [1.29, 1.82) is 5.26 Å². The van der Waals surface area contributed by atoms with Gasteiger partial charge in [-0.1, -0.05) is 18.2 Å². The molecule has 0 radical (unpaired) electrons. The summed E-state index contributed by atoms with van der Waals surface area (Å²) >= 11 is 0. The standard InChI is InChI=1S/C15H14N2O3/c1-17(15(18)14-8-5-9-20-14)12(10-16)11-6-3-4-7-13(11)19-2/h3-9,12H,1-2H3. The topological polar surface area (TPSA) is 66.5 Å². The van der Waals surface area contributed by atoms with Crippen molar-refractivity contribution >= 4 is 5.91 Å². The van der Waals surface area contributed by atoms with Crippen LogP contribution in [0.2, 0.25) is 0 Å². The van der Waals surface area contributed by atoms with Crippen LogP contribution in [0.1, 0.15) is 22.2 Å². The number of rotatable bonds is 4. The third-order valence-corrected chi connectivity index (χ3v) is 3.00. The highest BCUT2D eigenvalue weighted by molar-refractivity contribution is 5.91. The molecule has 0 aliphatic rings. The zero-order chi connectivity index (χ0) is 14.5. The molecular weight excluding hydrogens is 256 g/mol. The third kappa shape index (κ3) is 2.50. The second-order valence-corrected chi connectivity index (χ2v) is 4.17. The van der Waals surface area contributed by atoms with Crippen LogP contribution < -0.4 is 4.74 Å². The Labute approximate surface area is 117 Å². The Balaban J connectivity index is 2.33. The van der Waals surface area contributed by atoms with Crippen molar-refractivity contribution in [3.63, 3.8) is 0 Å². The Morgan fingerprint density at radius 2 is 2.10 bits per heavy atom. The monoisotopic (exact) mass is 270 g/mol. The molecule has 0 spiro atoms. The summed E-state index contributed by atoms with van der Waals surface area (Å²) in [6, 6.07) is 11.7. The molecule has 0 aliphatic heterocycles. The average Bonchev–Trinajstić information content (AvgIpc) is 3.01. The van der Waals surface area contributed by atoms with E-state index in [0.29, 0.717) is 11.3 Å². The van der Waals surface area contributed by atoms with Crippen molar-refractivity contribution in [3.8, 4) is 11.8 Å². The highest BCUT2D eigenvalue weighted by Crippen LogP contribution is 2.28. The van der Waals surface area contributed by atoms with Gasteiger partial charge in [-0.3, -0.25) is 4.79 Å². The van der Waals surface area contributed by atoms with Crippen LogP contribution >= 0.6 is 0 Å². The lowest BCUT2D eigenvalue weighted by Crippen LogP contribution is -2.30. The molecule has 2 aromatic rings. The molecule has 1 amide bonds. The molecule has 0 saturated heterocycles. The minimum absolute atomic E-state index is 0.197. The van der Waals surface area contributed by atoms with Gasteiger partial charge in [0.2, 0.25) is 0 Å². The maximum absolute atomic E-state index is 12.2. The van der Waals surface area contributed by atoms with E-state index >= 15 is 0 Å².